The fourth-order valence-electron chi connectivity index (χ4n) is 11.2. The molecule has 0 bridgehead atoms. The molecule has 0 aromatic rings. The van der Waals surface area contributed by atoms with Crippen LogP contribution < -0.4 is 5.32 Å². The Balaban J connectivity index is 3.53. The van der Waals surface area contributed by atoms with Crippen LogP contribution in [0.5, 0.6) is 0 Å². The number of hydrogen-bond donors (Lipinski definition) is 5. The second kappa shape index (κ2) is 62.9. The lowest BCUT2D eigenvalue weighted by Gasteiger charge is -2.27. The van der Waals surface area contributed by atoms with Crippen LogP contribution in [0.2, 0.25) is 0 Å². The smallest absolute Gasteiger partial charge is 0.249 e. The van der Waals surface area contributed by atoms with Gasteiger partial charge in [0.15, 0.2) is 0 Å². The van der Waals surface area contributed by atoms with Crippen molar-refractivity contribution in [1.82, 2.24) is 5.32 Å². The molecule has 0 aliphatic heterocycles. The molecule has 0 radical (unpaired) electrons. The Hall–Kier alpha value is -0.950. The zero-order valence-corrected chi connectivity index (χ0v) is 50.4. The Morgan fingerprint density at radius 2 is 0.541 bits per heavy atom. The number of unbranched alkanes of at least 4 members (excludes halogenated alkanes) is 53. The molecule has 0 aliphatic rings. The van der Waals surface area contributed by atoms with Gasteiger partial charge >= 0.3 is 0 Å². The molecule has 74 heavy (non-hydrogen) atoms. The van der Waals surface area contributed by atoms with E-state index in [2.05, 4.69) is 31.3 Å². The maximum atomic E-state index is 12.7. The topological polar surface area (TPSA) is 110 Å². The predicted molar refractivity (Wildman–Crippen MR) is 325 cm³/mol. The van der Waals surface area contributed by atoms with E-state index in [1.807, 2.05) is 0 Å². The highest BCUT2D eigenvalue weighted by molar-refractivity contribution is 5.80. The Labute approximate surface area is 463 Å². The van der Waals surface area contributed by atoms with E-state index in [4.69, 9.17) is 0 Å². The van der Waals surface area contributed by atoms with Crippen molar-refractivity contribution in [3.05, 3.63) is 12.2 Å². The Bertz CT molecular complexity index is 1080. The fraction of sp³-hybridized carbons (Fsp3) is 0.956. The monoisotopic (exact) mass is 1050 g/mol. The van der Waals surface area contributed by atoms with E-state index < -0.39 is 36.9 Å². The lowest BCUT2D eigenvalue weighted by Crippen LogP contribution is -2.53. The Kier molecular flexibility index (Phi) is 62.1. The van der Waals surface area contributed by atoms with Crippen LogP contribution in [0, 0.1) is 0 Å². The molecule has 0 rings (SSSR count). The number of rotatable bonds is 64. The largest absolute Gasteiger partial charge is 0.394 e. The highest BCUT2D eigenvalue weighted by Gasteiger charge is 2.28. The molecule has 0 aliphatic carbocycles. The minimum absolute atomic E-state index is 0.373. The third kappa shape index (κ3) is 55.8. The summed E-state index contributed by atoms with van der Waals surface area (Å²) >= 11 is 0. The standard InChI is InChI=1S/C68H135NO5/c1-3-5-7-9-11-13-15-17-19-21-23-25-27-29-31-33-35-37-39-41-43-45-47-49-51-53-55-57-59-61-65(71)67(73)64(63-70)69-68(74)66(72)62-60-58-56-54-52-50-48-46-44-42-40-38-36-34-32-30-28-26-24-22-20-18-16-14-12-10-8-6-4-2/h30,32,64-67,70-73H,3-29,31,33-63H2,1-2H3,(H,69,74)/b32-30-. The third-order valence-corrected chi connectivity index (χ3v) is 16.5. The molecule has 5 N–H and O–H groups in total. The fourth-order valence-corrected chi connectivity index (χ4v) is 11.2. The van der Waals surface area contributed by atoms with Gasteiger partial charge in [0.1, 0.15) is 12.2 Å². The molecule has 0 aromatic carbocycles. The summed E-state index contributed by atoms with van der Waals surface area (Å²) in [5.41, 5.74) is 0. The van der Waals surface area contributed by atoms with E-state index in [1.54, 1.807) is 0 Å². The van der Waals surface area contributed by atoms with E-state index in [-0.39, 0.29) is 0 Å². The number of carbonyl (C=O) groups is 1. The normalized spacial score (nSPS) is 13.5. The van der Waals surface area contributed by atoms with Crippen LogP contribution in [-0.2, 0) is 4.79 Å². The molecule has 0 saturated carbocycles. The average Bonchev–Trinajstić information content (AvgIpc) is 3.41. The van der Waals surface area contributed by atoms with Gasteiger partial charge in [0.25, 0.3) is 0 Å². The van der Waals surface area contributed by atoms with Gasteiger partial charge in [-0.25, -0.2) is 0 Å². The van der Waals surface area contributed by atoms with Crippen LogP contribution in [0.15, 0.2) is 12.2 Å². The molecule has 1 amide bonds. The van der Waals surface area contributed by atoms with Crippen LogP contribution in [0.4, 0.5) is 0 Å². The molecule has 0 aromatic heterocycles. The summed E-state index contributed by atoms with van der Waals surface area (Å²) in [6.07, 6.45) is 77.6. The molecule has 6 nitrogen and oxygen atoms in total. The Morgan fingerprint density at radius 3 is 0.784 bits per heavy atom. The molecule has 0 fully saturated rings. The average molecular weight is 1050 g/mol. The maximum absolute atomic E-state index is 12.7. The van der Waals surface area contributed by atoms with E-state index in [9.17, 15) is 25.2 Å². The minimum atomic E-state index is -1.26. The van der Waals surface area contributed by atoms with Crippen LogP contribution in [0.3, 0.4) is 0 Å². The maximum Gasteiger partial charge on any atom is 0.249 e. The first-order valence-corrected chi connectivity index (χ1v) is 34.1. The number of allylic oxidation sites excluding steroid dienone is 2. The van der Waals surface area contributed by atoms with Crippen molar-refractivity contribution in [3.63, 3.8) is 0 Å². The molecular weight excluding hydrogens is 911 g/mol. The second-order valence-corrected chi connectivity index (χ2v) is 23.9. The summed E-state index contributed by atoms with van der Waals surface area (Å²) < 4.78 is 0. The SMILES string of the molecule is CCCCCCCCCCCCCC/C=C\CCCCCCCCCCCCCCCC(O)C(=O)NC(CO)C(O)C(O)CCCCCCCCCCCCCCCCCCCCCCCCCCCCCCC. The van der Waals surface area contributed by atoms with Crippen molar-refractivity contribution in [2.75, 3.05) is 6.61 Å². The van der Waals surface area contributed by atoms with Crippen molar-refractivity contribution >= 4 is 5.91 Å². The van der Waals surface area contributed by atoms with Crippen LogP contribution in [-0.4, -0.2) is 57.3 Å². The van der Waals surface area contributed by atoms with Gasteiger partial charge < -0.3 is 25.7 Å². The van der Waals surface area contributed by atoms with Gasteiger partial charge in [0.05, 0.1) is 18.8 Å². The lowest BCUT2D eigenvalue weighted by atomic mass is 9.99. The molecule has 0 heterocycles. The predicted octanol–water partition coefficient (Wildman–Crippen LogP) is 20.8. The molecule has 4 unspecified atom stereocenters. The van der Waals surface area contributed by atoms with Gasteiger partial charge in [0.2, 0.25) is 5.91 Å². The number of nitrogens with one attached hydrogen (secondary N) is 1. The van der Waals surface area contributed by atoms with E-state index in [1.165, 1.54) is 321 Å². The van der Waals surface area contributed by atoms with Gasteiger partial charge in [-0.15, -0.1) is 0 Å². The number of aliphatic hydroxyl groups is 4. The molecule has 6 heteroatoms. The van der Waals surface area contributed by atoms with Crippen LogP contribution in [0.1, 0.15) is 386 Å². The van der Waals surface area contributed by atoms with Crippen LogP contribution in [0.25, 0.3) is 0 Å². The first-order valence-electron chi connectivity index (χ1n) is 34.1. The van der Waals surface area contributed by atoms with E-state index in [0.29, 0.717) is 12.8 Å². The quantitative estimate of drug-likeness (QED) is 0.0308. The van der Waals surface area contributed by atoms with Gasteiger partial charge in [0, 0.05) is 0 Å². The highest BCUT2D eigenvalue weighted by atomic mass is 16.3. The summed E-state index contributed by atoms with van der Waals surface area (Å²) in [7, 11) is 0. The summed E-state index contributed by atoms with van der Waals surface area (Å²) in [4.78, 5) is 12.7. The summed E-state index contributed by atoms with van der Waals surface area (Å²) in [6, 6.07) is -0.984. The van der Waals surface area contributed by atoms with E-state index in [0.717, 1.165) is 38.5 Å². The van der Waals surface area contributed by atoms with E-state index >= 15 is 0 Å². The molecule has 4 atom stereocenters. The first-order chi connectivity index (χ1) is 36.5. The number of aliphatic hydroxyl groups excluding tert-OH is 4. The lowest BCUT2D eigenvalue weighted by molar-refractivity contribution is -0.132. The molecule has 0 spiro atoms. The minimum Gasteiger partial charge on any atom is -0.394 e. The summed E-state index contributed by atoms with van der Waals surface area (Å²) in [5.74, 6) is -0.576. The van der Waals surface area contributed by atoms with Crippen molar-refractivity contribution in [2.24, 2.45) is 0 Å². The zero-order chi connectivity index (χ0) is 53.7. The molecular formula is C68H135NO5. The molecule has 0 saturated heterocycles. The van der Waals surface area contributed by atoms with Crippen molar-refractivity contribution in [1.29, 1.82) is 0 Å². The summed E-state index contributed by atoms with van der Waals surface area (Å²) in [6.45, 7) is 4.11. The van der Waals surface area contributed by atoms with Crippen molar-refractivity contribution < 1.29 is 25.2 Å². The first kappa shape index (κ1) is 73.0. The summed E-state index contributed by atoms with van der Waals surface area (Å²) in [5, 5.41) is 44.2. The van der Waals surface area contributed by atoms with Crippen LogP contribution >= 0.6 is 0 Å². The highest BCUT2D eigenvalue weighted by Crippen LogP contribution is 2.20. The zero-order valence-electron chi connectivity index (χ0n) is 50.4. The van der Waals surface area contributed by atoms with Gasteiger partial charge in [-0.2, -0.15) is 0 Å². The van der Waals surface area contributed by atoms with Crippen molar-refractivity contribution in [2.45, 2.75) is 411 Å². The number of hydrogen-bond acceptors (Lipinski definition) is 5. The Morgan fingerprint density at radius 1 is 0.324 bits per heavy atom. The van der Waals surface area contributed by atoms with Gasteiger partial charge in [-0.05, 0) is 38.5 Å². The van der Waals surface area contributed by atoms with Gasteiger partial charge in [-0.3, -0.25) is 4.79 Å². The molecule has 442 valence electrons. The number of carbonyl (C=O) groups excluding carboxylic acids is 1. The van der Waals surface area contributed by atoms with Gasteiger partial charge in [-0.1, -0.05) is 360 Å². The number of amides is 1. The third-order valence-electron chi connectivity index (χ3n) is 16.5. The second-order valence-electron chi connectivity index (χ2n) is 23.9. The van der Waals surface area contributed by atoms with Crippen molar-refractivity contribution in [3.8, 4) is 0 Å².